The van der Waals surface area contributed by atoms with Crippen LogP contribution in [0.25, 0.3) is 0 Å². The predicted octanol–water partition coefficient (Wildman–Crippen LogP) is 4.13. The van der Waals surface area contributed by atoms with Crippen LogP contribution >= 0.6 is 0 Å². The van der Waals surface area contributed by atoms with Crippen LogP contribution in [0.15, 0.2) is 42.5 Å². The van der Waals surface area contributed by atoms with Gasteiger partial charge in [0.05, 0.1) is 0 Å². The molecule has 1 radical (unpaired) electrons. The molecular formula is C22H24NO2. The van der Waals surface area contributed by atoms with E-state index in [1.807, 2.05) is 18.2 Å². The number of benzene rings is 2. The summed E-state index contributed by atoms with van der Waals surface area (Å²) in [6.07, 6.45) is 0. The molecule has 0 spiro atoms. The van der Waals surface area contributed by atoms with Gasteiger partial charge < -0.3 is 0 Å². The second-order valence-corrected chi connectivity index (χ2v) is 7.42. The Kier molecular flexibility index (Phi) is 4.61. The Balaban J connectivity index is 2.12. The number of carbonyl (C=O) groups excluding carboxylic acids is 2. The summed E-state index contributed by atoms with van der Waals surface area (Å²) in [5.74, 6) is 0.331. The van der Waals surface area contributed by atoms with Crippen molar-refractivity contribution >= 4 is 11.6 Å². The summed E-state index contributed by atoms with van der Waals surface area (Å²) in [6.45, 7) is 8.91. The molecule has 0 atom stereocenters. The first-order valence-electron chi connectivity index (χ1n) is 8.83. The molecule has 0 heterocycles. The summed E-state index contributed by atoms with van der Waals surface area (Å²) in [4.78, 5) is 26.5. The zero-order valence-electron chi connectivity index (χ0n) is 15.2. The molecule has 25 heavy (non-hydrogen) atoms. The molecule has 2 aromatic carbocycles. The smallest absolute Gasteiger partial charge is 0.196 e. The van der Waals surface area contributed by atoms with E-state index in [-0.39, 0.29) is 11.6 Å². The van der Waals surface area contributed by atoms with Gasteiger partial charge in [-0.2, -0.15) is 0 Å². The summed E-state index contributed by atoms with van der Waals surface area (Å²) in [7, 11) is 0. The number of carbonyl (C=O) groups is 2. The van der Waals surface area contributed by atoms with Gasteiger partial charge in [-0.25, -0.2) is 0 Å². The molecular weight excluding hydrogens is 310 g/mol. The Labute approximate surface area is 149 Å². The molecule has 3 heteroatoms. The molecule has 3 nitrogen and oxygen atoms in total. The minimum Gasteiger partial charge on any atom is -0.294 e. The topological polar surface area (TPSA) is 46.2 Å². The highest BCUT2D eigenvalue weighted by Crippen LogP contribution is 2.38. The first kappa shape index (κ1) is 17.6. The van der Waals surface area contributed by atoms with E-state index in [1.165, 1.54) is 0 Å². The number of fused-ring (bicyclic) bond motifs is 1. The molecule has 0 bridgehead atoms. The summed E-state index contributed by atoms with van der Waals surface area (Å²) < 4.78 is 0. The van der Waals surface area contributed by atoms with E-state index in [0.29, 0.717) is 35.1 Å². The maximum absolute atomic E-state index is 13.3. The van der Waals surface area contributed by atoms with Crippen molar-refractivity contribution in [3.05, 3.63) is 70.8 Å². The molecule has 3 rings (SSSR count). The van der Waals surface area contributed by atoms with Crippen LogP contribution in [0.4, 0.5) is 0 Å². The normalized spacial score (nSPS) is 15.9. The van der Waals surface area contributed by atoms with Crippen molar-refractivity contribution in [2.75, 3.05) is 6.54 Å². The molecule has 0 saturated carbocycles. The summed E-state index contributed by atoms with van der Waals surface area (Å²) in [5.41, 5.74) is 1.36. The van der Waals surface area contributed by atoms with E-state index in [1.54, 1.807) is 24.3 Å². The zero-order valence-corrected chi connectivity index (χ0v) is 15.2. The first-order valence-corrected chi connectivity index (χ1v) is 8.83. The standard InChI is InChI=1S/C22H24NO2/c1-14(2)13-23-22(17-11-9-16(10-12-17)15(3)4)20(24)18-7-5-6-8-19(18)21(22)25/h5-11,14-15,23H,13H2,1-4H3. The van der Waals surface area contributed by atoms with E-state index < -0.39 is 5.54 Å². The monoisotopic (exact) mass is 334 g/mol. The largest absolute Gasteiger partial charge is 0.294 e. The van der Waals surface area contributed by atoms with Gasteiger partial charge in [0.1, 0.15) is 0 Å². The third-order valence-electron chi connectivity index (χ3n) is 4.78. The third-order valence-corrected chi connectivity index (χ3v) is 4.78. The fraction of sp³-hybridized carbons (Fsp3) is 0.364. The maximum Gasteiger partial charge on any atom is 0.196 e. The van der Waals surface area contributed by atoms with E-state index in [9.17, 15) is 9.59 Å². The Morgan fingerprint density at radius 3 is 2.00 bits per heavy atom. The van der Waals surface area contributed by atoms with Gasteiger partial charge in [0.15, 0.2) is 17.1 Å². The van der Waals surface area contributed by atoms with Gasteiger partial charge in [-0.1, -0.05) is 70.2 Å². The maximum atomic E-state index is 13.3. The second-order valence-electron chi connectivity index (χ2n) is 7.42. The zero-order chi connectivity index (χ0) is 18.2. The summed E-state index contributed by atoms with van der Waals surface area (Å²) in [5, 5.41) is 3.28. The quantitative estimate of drug-likeness (QED) is 0.836. The molecule has 0 fully saturated rings. The minimum atomic E-state index is -1.36. The van der Waals surface area contributed by atoms with Crippen LogP contribution in [0.1, 0.15) is 65.5 Å². The molecule has 0 aliphatic heterocycles. The SMILES string of the molecule is CC(C)CNC1(c2[c]cc(C(C)C)cc2)C(=O)c2ccccc2C1=O. The number of hydrogen-bond acceptors (Lipinski definition) is 3. The molecule has 1 aliphatic carbocycles. The van der Waals surface area contributed by atoms with Crippen LogP contribution in [-0.4, -0.2) is 18.1 Å². The van der Waals surface area contributed by atoms with Crippen LogP contribution < -0.4 is 5.32 Å². The van der Waals surface area contributed by atoms with Crippen LogP contribution in [0.2, 0.25) is 0 Å². The lowest BCUT2D eigenvalue weighted by Gasteiger charge is -2.29. The Bertz CT molecular complexity index is 768. The predicted molar refractivity (Wildman–Crippen MR) is 99.0 cm³/mol. The second kappa shape index (κ2) is 6.57. The Morgan fingerprint density at radius 1 is 0.960 bits per heavy atom. The lowest BCUT2D eigenvalue weighted by molar-refractivity contribution is 0.0750. The van der Waals surface area contributed by atoms with Gasteiger partial charge in [-0.15, -0.1) is 0 Å². The molecule has 1 N–H and O–H groups in total. The van der Waals surface area contributed by atoms with Crippen molar-refractivity contribution in [3.8, 4) is 0 Å². The molecule has 2 aromatic rings. The van der Waals surface area contributed by atoms with Gasteiger partial charge in [0, 0.05) is 11.1 Å². The van der Waals surface area contributed by atoms with Gasteiger partial charge in [0.25, 0.3) is 0 Å². The van der Waals surface area contributed by atoms with Crippen LogP contribution in [0.3, 0.4) is 0 Å². The number of nitrogens with one attached hydrogen (secondary N) is 1. The summed E-state index contributed by atoms with van der Waals surface area (Å²) in [6, 6.07) is 16.0. The molecule has 0 saturated heterocycles. The van der Waals surface area contributed by atoms with Crippen molar-refractivity contribution in [1.82, 2.24) is 5.32 Å². The molecule has 0 aromatic heterocycles. The average Bonchev–Trinajstić information content (AvgIpc) is 2.82. The minimum absolute atomic E-state index is 0.178. The van der Waals surface area contributed by atoms with Crippen molar-refractivity contribution in [2.45, 2.75) is 39.2 Å². The van der Waals surface area contributed by atoms with E-state index in [0.717, 1.165) is 5.56 Å². The molecule has 0 amide bonds. The van der Waals surface area contributed by atoms with Gasteiger partial charge >= 0.3 is 0 Å². The van der Waals surface area contributed by atoms with Crippen LogP contribution in [0.5, 0.6) is 0 Å². The van der Waals surface area contributed by atoms with E-state index >= 15 is 0 Å². The van der Waals surface area contributed by atoms with Crippen molar-refractivity contribution in [3.63, 3.8) is 0 Å². The van der Waals surface area contributed by atoms with Crippen LogP contribution in [0, 0.1) is 12.0 Å². The Hall–Kier alpha value is -2.26. The highest BCUT2D eigenvalue weighted by atomic mass is 16.2. The van der Waals surface area contributed by atoms with Gasteiger partial charge in [0.2, 0.25) is 0 Å². The van der Waals surface area contributed by atoms with Gasteiger partial charge in [-0.05, 0) is 35.6 Å². The molecule has 0 unspecified atom stereocenters. The fourth-order valence-corrected chi connectivity index (χ4v) is 3.27. The lowest BCUT2D eigenvalue weighted by atomic mass is 9.83. The highest BCUT2D eigenvalue weighted by molar-refractivity contribution is 6.32. The molecule has 129 valence electrons. The van der Waals surface area contributed by atoms with Gasteiger partial charge in [-0.3, -0.25) is 14.9 Å². The average molecular weight is 334 g/mol. The van der Waals surface area contributed by atoms with Crippen LogP contribution in [-0.2, 0) is 5.54 Å². The number of ketones is 2. The third kappa shape index (κ3) is 2.83. The Morgan fingerprint density at radius 2 is 1.56 bits per heavy atom. The number of hydrogen-bond donors (Lipinski definition) is 1. The highest BCUT2D eigenvalue weighted by Gasteiger charge is 2.54. The fourth-order valence-electron chi connectivity index (χ4n) is 3.27. The number of rotatable bonds is 5. The van der Waals surface area contributed by atoms with E-state index in [2.05, 4.69) is 39.1 Å². The molecule has 1 aliphatic rings. The number of Topliss-reactive ketones (excluding diaryl/α,β-unsaturated/α-hetero) is 2. The summed E-state index contributed by atoms with van der Waals surface area (Å²) >= 11 is 0. The van der Waals surface area contributed by atoms with Crippen molar-refractivity contribution in [2.24, 2.45) is 5.92 Å². The lowest BCUT2D eigenvalue weighted by Crippen LogP contribution is -2.52. The first-order chi connectivity index (χ1) is 11.9. The van der Waals surface area contributed by atoms with Crippen molar-refractivity contribution < 1.29 is 9.59 Å². The van der Waals surface area contributed by atoms with Crippen molar-refractivity contribution in [1.29, 1.82) is 0 Å². The van der Waals surface area contributed by atoms with E-state index in [4.69, 9.17) is 0 Å².